The summed E-state index contributed by atoms with van der Waals surface area (Å²) in [7, 11) is 0. The fraction of sp³-hybridized carbons (Fsp3) is 0.500. The van der Waals surface area contributed by atoms with Gasteiger partial charge in [-0.15, -0.1) is 0 Å². The lowest BCUT2D eigenvalue weighted by molar-refractivity contribution is 0.273. The summed E-state index contributed by atoms with van der Waals surface area (Å²) >= 11 is 0. The predicted octanol–water partition coefficient (Wildman–Crippen LogP) is 1.56. The predicted molar refractivity (Wildman–Crippen MR) is 62.7 cm³/mol. The van der Waals surface area contributed by atoms with E-state index in [4.69, 9.17) is 10.8 Å². The lowest BCUT2D eigenvalue weighted by atomic mass is 10.2. The molecule has 3 N–H and O–H groups in total. The Morgan fingerprint density at radius 1 is 1.20 bits per heavy atom. The van der Waals surface area contributed by atoms with Gasteiger partial charge in [0.05, 0.1) is 0 Å². The molecule has 0 fully saturated rings. The van der Waals surface area contributed by atoms with Crippen LogP contribution in [-0.4, -0.2) is 29.6 Å². The van der Waals surface area contributed by atoms with Crippen molar-refractivity contribution in [2.24, 2.45) is 5.73 Å². The molecule has 3 heteroatoms. The van der Waals surface area contributed by atoms with Crippen molar-refractivity contribution in [3.63, 3.8) is 0 Å². The van der Waals surface area contributed by atoms with E-state index >= 15 is 0 Å². The zero-order chi connectivity index (χ0) is 11.1. The van der Waals surface area contributed by atoms with Gasteiger partial charge in [0.2, 0.25) is 0 Å². The van der Waals surface area contributed by atoms with Gasteiger partial charge in [0.15, 0.2) is 0 Å². The minimum Gasteiger partial charge on any atom is -0.508 e. The molecule has 0 unspecified atom stereocenters. The van der Waals surface area contributed by atoms with Crippen molar-refractivity contribution in [1.82, 2.24) is 4.90 Å². The third-order valence-electron chi connectivity index (χ3n) is 2.33. The second-order valence-electron chi connectivity index (χ2n) is 3.73. The van der Waals surface area contributed by atoms with E-state index in [1.807, 2.05) is 12.1 Å². The van der Waals surface area contributed by atoms with Crippen LogP contribution >= 0.6 is 0 Å². The Hall–Kier alpha value is -1.06. The summed E-state index contributed by atoms with van der Waals surface area (Å²) in [5.41, 5.74) is 6.77. The molecule has 1 rings (SSSR count). The van der Waals surface area contributed by atoms with Crippen LogP contribution in [0.4, 0.5) is 0 Å². The molecule has 84 valence electrons. The van der Waals surface area contributed by atoms with Crippen LogP contribution in [-0.2, 0) is 6.54 Å². The van der Waals surface area contributed by atoms with E-state index in [2.05, 4.69) is 11.8 Å². The highest BCUT2D eigenvalue weighted by Crippen LogP contribution is 2.11. The molecule has 0 bridgehead atoms. The van der Waals surface area contributed by atoms with E-state index in [0.29, 0.717) is 12.3 Å². The first-order valence-corrected chi connectivity index (χ1v) is 5.46. The van der Waals surface area contributed by atoms with Crippen LogP contribution < -0.4 is 5.73 Å². The Morgan fingerprint density at radius 3 is 2.40 bits per heavy atom. The Morgan fingerprint density at radius 2 is 1.87 bits per heavy atom. The minimum absolute atomic E-state index is 0.319. The smallest absolute Gasteiger partial charge is 0.115 e. The first-order valence-electron chi connectivity index (χ1n) is 5.46. The van der Waals surface area contributed by atoms with Gasteiger partial charge in [-0.2, -0.15) is 0 Å². The zero-order valence-corrected chi connectivity index (χ0v) is 9.32. The van der Waals surface area contributed by atoms with Crippen LogP contribution in [0, 0.1) is 0 Å². The molecule has 0 saturated heterocycles. The van der Waals surface area contributed by atoms with E-state index in [1.165, 1.54) is 5.56 Å². The highest BCUT2D eigenvalue weighted by molar-refractivity contribution is 5.25. The SMILES string of the molecule is CCCN(CCN)Cc1ccc(O)cc1. The molecule has 1 aromatic rings. The van der Waals surface area contributed by atoms with Crippen molar-refractivity contribution < 1.29 is 5.11 Å². The molecular weight excluding hydrogens is 188 g/mol. The number of hydrogen-bond acceptors (Lipinski definition) is 3. The second-order valence-corrected chi connectivity index (χ2v) is 3.73. The molecule has 0 aromatic heterocycles. The molecule has 0 amide bonds. The van der Waals surface area contributed by atoms with Crippen LogP contribution in [0.3, 0.4) is 0 Å². The largest absolute Gasteiger partial charge is 0.508 e. The first kappa shape index (κ1) is 12.0. The van der Waals surface area contributed by atoms with E-state index < -0.39 is 0 Å². The summed E-state index contributed by atoms with van der Waals surface area (Å²) in [5.74, 6) is 0.319. The van der Waals surface area contributed by atoms with Gasteiger partial charge in [-0.1, -0.05) is 19.1 Å². The molecule has 0 radical (unpaired) electrons. The number of nitrogens with two attached hydrogens (primary N) is 1. The monoisotopic (exact) mass is 208 g/mol. The van der Waals surface area contributed by atoms with E-state index in [9.17, 15) is 0 Å². The van der Waals surface area contributed by atoms with Gasteiger partial charge in [-0.25, -0.2) is 0 Å². The van der Waals surface area contributed by atoms with Gasteiger partial charge in [0.1, 0.15) is 5.75 Å². The third kappa shape index (κ3) is 4.32. The van der Waals surface area contributed by atoms with Crippen LogP contribution in [0.5, 0.6) is 5.75 Å². The van der Waals surface area contributed by atoms with Crippen LogP contribution in [0.1, 0.15) is 18.9 Å². The highest BCUT2D eigenvalue weighted by Gasteiger charge is 2.03. The lowest BCUT2D eigenvalue weighted by Gasteiger charge is -2.20. The van der Waals surface area contributed by atoms with Gasteiger partial charge in [-0.3, -0.25) is 4.90 Å². The minimum atomic E-state index is 0.319. The summed E-state index contributed by atoms with van der Waals surface area (Å²) in [4.78, 5) is 2.33. The molecule has 0 spiro atoms. The van der Waals surface area contributed by atoms with Gasteiger partial charge in [-0.05, 0) is 30.7 Å². The second kappa shape index (κ2) is 6.43. The first-order chi connectivity index (χ1) is 7.26. The van der Waals surface area contributed by atoms with Crippen LogP contribution in [0.25, 0.3) is 0 Å². The van der Waals surface area contributed by atoms with E-state index in [1.54, 1.807) is 12.1 Å². The molecule has 0 heterocycles. The molecular formula is C12H20N2O. The Bertz CT molecular complexity index is 265. The van der Waals surface area contributed by atoms with Gasteiger partial charge in [0.25, 0.3) is 0 Å². The Labute approximate surface area is 91.5 Å². The van der Waals surface area contributed by atoms with Gasteiger partial charge in [0, 0.05) is 19.6 Å². The number of hydrogen-bond donors (Lipinski definition) is 2. The van der Waals surface area contributed by atoms with Crippen molar-refractivity contribution in [1.29, 1.82) is 0 Å². The number of nitrogens with zero attached hydrogens (tertiary/aromatic N) is 1. The normalized spacial score (nSPS) is 10.9. The van der Waals surface area contributed by atoms with Crippen molar-refractivity contribution in [3.8, 4) is 5.75 Å². The summed E-state index contributed by atoms with van der Waals surface area (Å²) < 4.78 is 0. The van der Waals surface area contributed by atoms with Gasteiger partial charge < -0.3 is 10.8 Å². The maximum atomic E-state index is 9.16. The summed E-state index contributed by atoms with van der Waals surface area (Å²) in [5, 5.41) is 9.16. The number of benzene rings is 1. The molecule has 15 heavy (non-hydrogen) atoms. The summed E-state index contributed by atoms with van der Waals surface area (Å²) in [6, 6.07) is 7.35. The number of rotatable bonds is 6. The fourth-order valence-electron chi connectivity index (χ4n) is 1.63. The molecule has 0 saturated carbocycles. The maximum absolute atomic E-state index is 9.16. The molecule has 3 nitrogen and oxygen atoms in total. The average molecular weight is 208 g/mol. The number of phenols is 1. The van der Waals surface area contributed by atoms with Crippen molar-refractivity contribution >= 4 is 0 Å². The standard InChI is InChI=1S/C12H20N2O/c1-2-8-14(9-7-13)10-11-3-5-12(15)6-4-11/h3-6,15H,2,7-10,13H2,1H3. The van der Waals surface area contributed by atoms with E-state index in [0.717, 1.165) is 26.1 Å². The molecule has 0 aliphatic rings. The topological polar surface area (TPSA) is 49.5 Å². The Kier molecular flexibility index (Phi) is 5.15. The maximum Gasteiger partial charge on any atom is 0.115 e. The van der Waals surface area contributed by atoms with Gasteiger partial charge >= 0.3 is 0 Å². The summed E-state index contributed by atoms with van der Waals surface area (Å²) in [6.07, 6.45) is 1.14. The number of phenolic OH excluding ortho intramolecular Hbond substituents is 1. The van der Waals surface area contributed by atoms with Crippen LogP contribution in [0.2, 0.25) is 0 Å². The highest BCUT2D eigenvalue weighted by atomic mass is 16.3. The lowest BCUT2D eigenvalue weighted by Crippen LogP contribution is -2.29. The van der Waals surface area contributed by atoms with E-state index in [-0.39, 0.29) is 0 Å². The van der Waals surface area contributed by atoms with Crippen molar-refractivity contribution in [2.75, 3.05) is 19.6 Å². The quantitative estimate of drug-likeness (QED) is 0.746. The molecule has 1 aromatic carbocycles. The van der Waals surface area contributed by atoms with Crippen molar-refractivity contribution in [2.45, 2.75) is 19.9 Å². The zero-order valence-electron chi connectivity index (χ0n) is 9.32. The summed E-state index contributed by atoms with van der Waals surface area (Å²) in [6.45, 7) is 5.76. The third-order valence-corrected chi connectivity index (χ3v) is 2.33. The average Bonchev–Trinajstić information content (AvgIpc) is 2.22. The van der Waals surface area contributed by atoms with Crippen molar-refractivity contribution in [3.05, 3.63) is 29.8 Å². The molecule has 0 atom stereocenters. The van der Waals surface area contributed by atoms with Crippen LogP contribution in [0.15, 0.2) is 24.3 Å². The Balaban J connectivity index is 2.53. The molecule has 0 aliphatic heterocycles. The number of aromatic hydroxyl groups is 1. The fourth-order valence-corrected chi connectivity index (χ4v) is 1.63. The molecule has 0 aliphatic carbocycles.